The van der Waals surface area contributed by atoms with E-state index in [2.05, 4.69) is 4.90 Å². The van der Waals surface area contributed by atoms with Gasteiger partial charge in [-0.15, -0.1) is 0 Å². The molecule has 0 amide bonds. The number of morpholine rings is 1. The molecular weight excluding hydrogens is 230 g/mol. The van der Waals surface area contributed by atoms with Gasteiger partial charge in [-0.1, -0.05) is 12.1 Å². The number of methoxy groups -OCH3 is 1. The second-order valence-electron chi connectivity index (χ2n) is 4.54. The van der Waals surface area contributed by atoms with Crippen molar-refractivity contribution in [3.63, 3.8) is 0 Å². The lowest BCUT2D eigenvalue weighted by molar-refractivity contribution is -0.0158. The molecule has 1 saturated heterocycles. The predicted octanol–water partition coefficient (Wildman–Crippen LogP) is 1.60. The normalized spacial score (nSPS) is 20.7. The van der Waals surface area contributed by atoms with Gasteiger partial charge in [0.2, 0.25) is 0 Å². The molecule has 0 saturated carbocycles. The molecular formula is C14H19NO3. The Balaban J connectivity index is 2.03. The van der Waals surface area contributed by atoms with Gasteiger partial charge in [-0.25, -0.2) is 0 Å². The molecule has 0 aliphatic carbocycles. The van der Waals surface area contributed by atoms with Gasteiger partial charge >= 0.3 is 0 Å². The van der Waals surface area contributed by atoms with Gasteiger partial charge in [0.25, 0.3) is 0 Å². The first kappa shape index (κ1) is 13.1. The van der Waals surface area contributed by atoms with Crippen LogP contribution in [0.15, 0.2) is 24.3 Å². The Bertz CT molecular complexity index is 419. The fraction of sp³-hybridized carbons (Fsp3) is 0.500. The summed E-state index contributed by atoms with van der Waals surface area (Å²) in [5.41, 5.74) is 0.652. The molecule has 1 aromatic carbocycles. The molecule has 0 spiro atoms. The van der Waals surface area contributed by atoms with Gasteiger partial charge in [-0.05, 0) is 19.1 Å². The molecule has 1 unspecified atom stereocenters. The van der Waals surface area contributed by atoms with Gasteiger partial charge in [0.15, 0.2) is 5.78 Å². The Morgan fingerprint density at radius 1 is 1.50 bits per heavy atom. The lowest BCUT2D eigenvalue weighted by Gasteiger charge is -2.30. The molecule has 98 valence electrons. The van der Waals surface area contributed by atoms with Crippen LogP contribution in [0.25, 0.3) is 0 Å². The molecule has 0 aromatic heterocycles. The van der Waals surface area contributed by atoms with Crippen molar-refractivity contribution in [2.75, 3.05) is 33.4 Å². The van der Waals surface area contributed by atoms with Gasteiger partial charge in [0, 0.05) is 13.1 Å². The summed E-state index contributed by atoms with van der Waals surface area (Å²) in [4.78, 5) is 14.4. The summed E-state index contributed by atoms with van der Waals surface area (Å²) in [6, 6.07) is 7.35. The summed E-state index contributed by atoms with van der Waals surface area (Å²) in [5.74, 6) is 0.741. The van der Waals surface area contributed by atoms with E-state index in [1.165, 1.54) is 0 Å². The summed E-state index contributed by atoms with van der Waals surface area (Å²) < 4.78 is 10.7. The van der Waals surface area contributed by atoms with E-state index in [0.29, 0.717) is 24.5 Å². The number of carbonyl (C=O) groups excluding carboxylic acids is 1. The topological polar surface area (TPSA) is 38.8 Å². The smallest absolute Gasteiger partial charge is 0.180 e. The van der Waals surface area contributed by atoms with Gasteiger partial charge in [-0.2, -0.15) is 0 Å². The van der Waals surface area contributed by atoms with E-state index in [1.807, 2.05) is 31.2 Å². The maximum atomic E-state index is 12.2. The average molecular weight is 249 g/mol. The van der Waals surface area contributed by atoms with E-state index in [0.717, 1.165) is 13.1 Å². The quantitative estimate of drug-likeness (QED) is 0.760. The van der Waals surface area contributed by atoms with E-state index in [9.17, 15) is 4.79 Å². The standard InChI is InChI=1S/C14H19NO3/c1-11-9-15(7-8-18-11)10-13(16)12-5-3-4-6-14(12)17-2/h3-6,11H,7-10H2,1-2H3. The van der Waals surface area contributed by atoms with Crippen LogP contribution in [0.5, 0.6) is 5.75 Å². The molecule has 1 heterocycles. The molecule has 1 aromatic rings. The zero-order valence-corrected chi connectivity index (χ0v) is 10.9. The van der Waals surface area contributed by atoms with Crippen LogP contribution in [0.2, 0.25) is 0 Å². The van der Waals surface area contributed by atoms with Crippen molar-refractivity contribution in [3.8, 4) is 5.75 Å². The monoisotopic (exact) mass is 249 g/mol. The fourth-order valence-corrected chi connectivity index (χ4v) is 2.20. The Hall–Kier alpha value is -1.39. The van der Waals surface area contributed by atoms with Crippen LogP contribution in [0, 0.1) is 0 Å². The molecule has 0 radical (unpaired) electrons. The summed E-state index contributed by atoms with van der Waals surface area (Å²) in [6.07, 6.45) is 0.198. The number of ether oxygens (including phenoxy) is 2. The molecule has 18 heavy (non-hydrogen) atoms. The Kier molecular flexibility index (Phi) is 4.33. The van der Waals surface area contributed by atoms with Gasteiger partial charge < -0.3 is 9.47 Å². The number of hydrogen-bond donors (Lipinski definition) is 0. The van der Waals surface area contributed by atoms with Crippen LogP contribution >= 0.6 is 0 Å². The van der Waals surface area contributed by atoms with Crippen LogP contribution in [-0.2, 0) is 4.74 Å². The van der Waals surface area contributed by atoms with Crippen LogP contribution in [0.4, 0.5) is 0 Å². The van der Waals surface area contributed by atoms with Crippen LogP contribution < -0.4 is 4.74 Å². The molecule has 0 N–H and O–H groups in total. The third-order valence-corrected chi connectivity index (χ3v) is 3.10. The predicted molar refractivity (Wildman–Crippen MR) is 69.2 cm³/mol. The van der Waals surface area contributed by atoms with E-state index in [4.69, 9.17) is 9.47 Å². The number of nitrogens with zero attached hydrogens (tertiary/aromatic N) is 1. The Morgan fingerprint density at radius 2 is 2.28 bits per heavy atom. The first-order valence-corrected chi connectivity index (χ1v) is 6.21. The summed E-state index contributed by atoms with van der Waals surface area (Å²) in [6.45, 7) is 4.76. The van der Waals surface area contributed by atoms with Crippen molar-refractivity contribution in [3.05, 3.63) is 29.8 Å². The minimum Gasteiger partial charge on any atom is -0.496 e. The molecule has 1 aliphatic rings. The Labute approximate surface area is 107 Å². The third-order valence-electron chi connectivity index (χ3n) is 3.10. The summed E-state index contributed by atoms with van der Waals surface area (Å²) in [5, 5.41) is 0. The van der Waals surface area contributed by atoms with Crippen molar-refractivity contribution >= 4 is 5.78 Å². The largest absolute Gasteiger partial charge is 0.496 e. The maximum absolute atomic E-state index is 12.2. The lowest BCUT2D eigenvalue weighted by Crippen LogP contribution is -2.43. The average Bonchev–Trinajstić information content (AvgIpc) is 2.38. The highest BCUT2D eigenvalue weighted by Gasteiger charge is 2.20. The highest BCUT2D eigenvalue weighted by molar-refractivity contribution is 6.00. The summed E-state index contributed by atoms with van der Waals surface area (Å²) >= 11 is 0. The number of carbonyl (C=O) groups is 1. The van der Waals surface area contributed by atoms with Gasteiger partial charge in [0.05, 0.1) is 31.9 Å². The third kappa shape index (κ3) is 3.09. The minimum absolute atomic E-state index is 0.0987. The number of ketones is 1. The van der Waals surface area contributed by atoms with E-state index in [-0.39, 0.29) is 11.9 Å². The van der Waals surface area contributed by atoms with Crippen LogP contribution in [0.1, 0.15) is 17.3 Å². The van der Waals surface area contributed by atoms with Crippen LogP contribution in [-0.4, -0.2) is 50.1 Å². The molecule has 1 aliphatic heterocycles. The molecule has 4 nitrogen and oxygen atoms in total. The number of para-hydroxylation sites is 1. The fourth-order valence-electron chi connectivity index (χ4n) is 2.20. The van der Waals surface area contributed by atoms with E-state index >= 15 is 0 Å². The number of Topliss-reactive ketones (excluding diaryl/α,β-unsaturated/α-hetero) is 1. The van der Waals surface area contributed by atoms with E-state index < -0.39 is 0 Å². The molecule has 1 atom stereocenters. The zero-order valence-electron chi connectivity index (χ0n) is 10.9. The minimum atomic E-state index is 0.0987. The molecule has 2 rings (SSSR count). The number of hydrogen-bond acceptors (Lipinski definition) is 4. The first-order chi connectivity index (χ1) is 8.70. The van der Waals surface area contributed by atoms with Crippen molar-refractivity contribution in [1.29, 1.82) is 0 Å². The van der Waals surface area contributed by atoms with Crippen molar-refractivity contribution in [2.45, 2.75) is 13.0 Å². The van der Waals surface area contributed by atoms with Crippen molar-refractivity contribution in [1.82, 2.24) is 4.90 Å². The van der Waals surface area contributed by atoms with Crippen molar-refractivity contribution in [2.24, 2.45) is 0 Å². The molecule has 4 heteroatoms. The van der Waals surface area contributed by atoms with Crippen LogP contribution in [0.3, 0.4) is 0 Å². The van der Waals surface area contributed by atoms with Crippen molar-refractivity contribution < 1.29 is 14.3 Å². The highest BCUT2D eigenvalue weighted by atomic mass is 16.5. The zero-order chi connectivity index (χ0) is 13.0. The van der Waals surface area contributed by atoms with E-state index in [1.54, 1.807) is 7.11 Å². The molecule has 1 fully saturated rings. The lowest BCUT2D eigenvalue weighted by atomic mass is 10.1. The number of rotatable bonds is 4. The molecule has 0 bridgehead atoms. The summed E-state index contributed by atoms with van der Waals surface area (Å²) in [7, 11) is 1.59. The SMILES string of the molecule is COc1ccccc1C(=O)CN1CCOC(C)C1. The second-order valence-corrected chi connectivity index (χ2v) is 4.54. The highest BCUT2D eigenvalue weighted by Crippen LogP contribution is 2.18. The first-order valence-electron chi connectivity index (χ1n) is 6.21. The number of benzene rings is 1. The van der Waals surface area contributed by atoms with Gasteiger partial charge in [-0.3, -0.25) is 9.69 Å². The second kappa shape index (κ2) is 5.98. The maximum Gasteiger partial charge on any atom is 0.180 e. The van der Waals surface area contributed by atoms with Gasteiger partial charge in [0.1, 0.15) is 5.75 Å². The Morgan fingerprint density at radius 3 is 3.00 bits per heavy atom.